The van der Waals surface area contributed by atoms with Crippen LogP contribution in [0, 0.1) is 0 Å². The van der Waals surface area contributed by atoms with Crippen molar-refractivity contribution in [2.75, 3.05) is 32.8 Å². The summed E-state index contributed by atoms with van der Waals surface area (Å²) in [4.78, 5) is 52.1. The molecule has 0 aromatic heterocycles. The second-order valence-corrected chi connectivity index (χ2v) is 8.55. The Bertz CT molecular complexity index is 944. The predicted octanol–water partition coefficient (Wildman–Crippen LogP) is 0.620. The van der Waals surface area contributed by atoms with Crippen molar-refractivity contribution < 1.29 is 28.3 Å². The summed E-state index contributed by atoms with van der Waals surface area (Å²) in [6.45, 7) is 2.57. The fourth-order valence-electron chi connectivity index (χ4n) is 4.40. The smallest absolute Gasteiger partial charge is 0.262 e. The van der Waals surface area contributed by atoms with E-state index >= 15 is 0 Å². The van der Waals surface area contributed by atoms with Crippen molar-refractivity contribution in [3.8, 4) is 5.75 Å². The average Bonchev–Trinajstić information content (AvgIpc) is 3.02. The van der Waals surface area contributed by atoms with Gasteiger partial charge in [-0.1, -0.05) is 0 Å². The maximum absolute atomic E-state index is 14.2. The number of carbonyl (C=O) groups is 4. The Kier molecular flexibility index (Phi) is 6.25. The number of piperidine rings is 2. The monoisotopic (exact) mass is 446 g/mol. The maximum atomic E-state index is 14.2. The summed E-state index contributed by atoms with van der Waals surface area (Å²) < 4.78 is 19.9. The molecule has 0 radical (unpaired) electrons. The standard InChI is InChI=1S/C22H27FN4O5/c23-22(13-24)6-9-26(10-7-22)8-1-11-32-14-2-3-15-16(12-14)21(31)27(20(15)30)17-4-5-18(28)25-19(17)29/h2-3,12,17H,1,4-11,13,24H2,(H,25,28,29). The van der Waals surface area contributed by atoms with Gasteiger partial charge < -0.3 is 15.4 Å². The molecule has 172 valence electrons. The van der Waals surface area contributed by atoms with Crippen molar-refractivity contribution >= 4 is 23.6 Å². The number of carbonyl (C=O) groups excluding carboxylic acids is 4. The molecular weight excluding hydrogens is 419 g/mol. The molecule has 0 spiro atoms. The quantitative estimate of drug-likeness (QED) is 0.465. The minimum Gasteiger partial charge on any atom is -0.494 e. The molecule has 1 unspecified atom stereocenters. The van der Waals surface area contributed by atoms with Gasteiger partial charge in [0.05, 0.1) is 17.7 Å². The molecular formula is C22H27FN4O5. The van der Waals surface area contributed by atoms with E-state index in [1.54, 1.807) is 6.07 Å². The Morgan fingerprint density at radius 2 is 1.84 bits per heavy atom. The highest BCUT2D eigenvalue weighted by Crippen LogP contribution is 2.30. The molecule has 4 amide bonds. The van der Waals surface area contributed by atoms with E-state index in [0.717, 1.165) is 17.9 Å². The molecule has 1 atom stereocenters. The van der Waals surface area contributed by atoms with Crippen LogP contribution in [-0.4, -0.2) is 77.9 Å². The molecule has 3 N–H and O–H groups in total. The van der Waals surface area contributed by atoms with Crippen LogP contribution in [0.15, 0.2) is 18.2 Å². The number of alkyl halides is 1. The molecule has 2 fully saturated rings. The summed E-state index contributed by atoms with van der Waals surface area (Å²) in [5.41, 5.74) is 4.65. The first-order valence-electron chi connectivity index (χ1n) is 10.9. The van der Waals surface area contributed by atoms with Crippen LogP contribution < -0.4 is 15.8 Å². The number of nitrogens with one attached hydrogen (secondary N) is 1. The predicted molar refractivity (Wildman–Crippen MR) is 112 cm³/mol. The zero-order chi connectivity index (χ0) is 22.9. The Hall–Kier alpha value is -2.85. The van der Waals surface area contributed by atoms with Crippen molar-refractivity contribution in [1.29, 1.82) is 0 Å². The molecule has 1 aromatic rings. The molecule has 0 aliphatic carbocycles. The SMILES string of the molecule is NCC1(F)CCN(CCCOc2ccc3c(c2)C(=O)N(C2CCC(=O)NC2=O)C3=O)CC1. The number of halogens is 1. The second kappa shape index (κ2) is 8.95. The number of amides is 4. The lowest BCUT2D eigenvalue weighted by Crippen LogP contribution is -2.54. The van der Waals surface area contributed by atoms with Gasteiger partial charge in [-0.15, -0.1) is 0 Å². The first kappa shape index (κ1) is 22.3. The van der Waals surface area contributed by atoms with Crippen LogP contribution in [0.5, 0.6) is 5.75 Å². The van der Waals surface area contributed by atoms with Crippen LogP contribution >= 0.6 is 0 Å². The van der Waals surface area contributed by atoms with E-state index < -0.39 is 35.3 Å². The third kappa shape index (κ3) is 4.37. The van der Waals surface area contributed by atoms with Gasteiger partial charge in [0, 0.05) is 32.6 Å². The van der Waals surface area contributed by atoms with Gasteiger partial charge in [-0.2, -0.15) is 0 Å². The Balaban J connectivity index is 1.31. The largest absolute Gasteiger partial charge is 0.494 e. The molecule has 0 saturated carbocycles. The van der Waals surface area contributed by atoms with Crippen LogP contribution in [0.2, 0.25) is 0 Å². The lowest BCUT2D eigenvalue weighted by atomic mass is 9.93. The summed E-state index contributed by atoms with van der Waals surface area (Å²) in [5, 5.41) is 2.17. The normalized spacial score (nSPS) is 23.3. The molecule has 10 heteroatoms. The van der Waals surface area contributed by atoms with E-state index in [1.165, 1.54) is 12.1 Å². The van der Waals surface area contributed by atoms with Gasteiger partial charge in [0.2, 0.25) is 11.8 Å². The highest BCUT2D eigenvalue weighted by atomic mass is 19.1. The molecule has 3 aliphatic rings. The topological polar surface area (TPSA) is 122 Å². The average molecular weight is 446 g/mol. The third-order valence-corrected chi connectivity index (χ3v) is 6.42. The zero-order valence-electron chi connectivity index (χ0n) is 17.8. The van der Waals surface area contributed by atoms with Gasteiger partial charge in [0.25, 0.3) is 11.8 Å². The molecule has 4 rings (SSSR count). The summed E-state index contributed by atoms with van der Waals surface area (Å²) in [7, 11) is 0. The first-order chi connectivity index (χ1) is 15.3. The van der Waals surface area contributed by atoms with Crippen molar-refractivity contribution in [1.82, 2.24) is 15.1 Å². The van der Waals surface area contributed by atoms with Crippen LogP contribution in [-0.2, 0) is 9.59 Å². The van der Waals surface area contributed by atoms with Gasteiger partial charge in [0.15, 0.2) is 0 Å². The molecule has 9 nitrogen and oxygen atoms in total. The summed E-state index contributed by atoms with van der Waals surface area (Å²) in [6, 6.07) is 3.67. The zero-order valence-corrected chi connectivity index (χ0v) is 17.8. The van der Waals surface area contributed by atoms with Crippen molar-refractivity contribution in [3.63, 3.8) is 0 Å². The summed E-state index contributed by atoms with van der Waals surface area (Å²) in [5.74, 6) is -1.70. The highest BCUT2D eigenvalue weighted by molar-refractivity contribution is 6.23. The molecule has 2 saturated heterocycles. The van der Waals surface area contributed by atoms with Crippen LogP contribution in [0.3, 0.4) is 0 Å². The van der Waals surface area contributed by atoms with Gasteiger partial charge in [-0.25, -0.2) is 4.39 Å². The van der Waals surface area contributed by atoms with E-state index in [1.807, 2.05) is 0 Å². The van der Waals surface area contributed by atoms with Crippen LogP contribution in [0.25, 0.3) is 0 Å². The fourth-order valence-corrected chi connectivity index (χ4v) is 4.40. The Morgan fingerprint density at radius 3 is 2.53 bits per heavy atom. The van der Waals surface area contributed by atoms with Crippen LogP contribution in [0.1, 0.15) is 52.8 Å². The molecule has 32 heavy (non-hydrogen) atoms. The Labute approximate surface area is 185 Å². The second-order valence-electron chi connectivity index (χ2n) is 8.55. The molecule has 3 aliphatic heterocycles. The van der Waals surface area contributed by atoms with Crippen LogP contribution in [0.4, 0.5) is 4.39 Å². The molecule has 3 heterocycles. The van der Waals surface area contributed by atoms with E-state index in [0.29, 0.717) is 38.3 Å². The fraction of sp³-hybridized carbons (Fsp3) is 0.545. The number of ether oxygens (including phenoxy) is 1. The van der Waals surface area contributed by atoms with E-state index in [2.05, 4.69) is 10.2 Å². The lowest BCUT2D eigenvalue weighted by molar-refractivity contribution is -0.136. The number of hydrogen-bond donors (Lipinski definition) is 2. The summed E-state index contributed by atoms with van der Waals surface area (Å²) in [6.07, 6.45) is 1.80. The number of fused-ring (bicyclic) bond motifs is 1. The van der Waals surface area contributed by atoms with Gasteiger partial charge in [0.1, 0.15) is 17.5 Å². The first-order valence-corrected chi connectivity index (χ1v) is 10.9. The number of nitrogens with two attached hydrogens (primary N) is 1. The third-order valence-electron chi connectivity index (χ3n) is 6.42. The number of nitrogens with zero attached hydrogens (tertiary/aromatic N) is 2. The number of hydrogen-bond acceptors (Lipinski definition) is 7. The molecule has 0 bridgehead atoms. The van der Waals surface area contributed by atoms with E-state index in [9.17, 15) is 23.6 Å². The van der Waals surface area contributed by atoms with E-state index in [-0.39, 0.29) is 30.5 Å². The van der Waals surface area contributed by atoms with Crippen molar-refractivity contribution in [3.05, 3.63) is 29.3 Å². The highest BCUT2D eigenvalue weighted by Gasteiger charge is 2.44. The number of imide groups is 2. The van der Waals surface area contributed by atoms with Gasteiger partial charge >= 0.3 is 0 Å². The van der Waals surface area contributed by atoms with Gasteiger partial charge in [-0.05, 0) is 43.9 Å². The number of likely N-dealkylation sites (tertiary alicyclic amines) is 1. The maximum Gasteiger partial charge on any atom is 0.262 e. The Morgan fingerprint density at radius 1 is 1.12 bits per heavy atom. The lowest BCUT2D eigenvalue weighted by Gasteiger charge is -2.35. The summed E-state index contributed by atoms with van der Waals surface area (Å²) >= 11 is 0. The van der Waals surface area contributed by atoms with Crippen molar-refractivity contribution in [2.24, 2.45) is 5.73 Å². The molecule has 1 aromatic carbocycles. The minimum atomic E-state index is -1.25. The number of rotatable bonds is 7. The van der Waals surface area contributed by atoms with Crippen molar-refractivity contribution in [2.45, 2.75) is 43.8 Å². The van der Waals surface area contributed by atoms with Gasteiger partial charge in [-0.3, -0.25) is 29.4 Å². The van der Waals surface area contributed by atoms with E-state index in [4.69, 9.17) is 10.5 Å². The minimum absolute atomic E-state index is 0.0600. The number of benzene rings is 1.